The molecular formula is C20H18FN3O2S. The van der Waals surface area contributed by atoms with Crippen LogP contribution in [-0.2, 0) is 0 Å². The molecule has 3 aromatic rings. The molecule has 1 unspecified atom stereocenters. The average Bonchev–Trinajstić information content (AvgIpc) is 3.46. The van der Waals surface area contributed by atoms with Gasteiger partial charge in [0, 0.05) is 11.8 Å². The van der Waals surface area contributed by atoms with E-state index in [1.54, 1.807) is 23.9 Å². The van der Waals surface area contributed by atoms with Crippen molar-refractivity contribution in [2.75, 3.05) is 12.4 Å². The highest BCUT2D eigenvalue weighted by Crippen LogP contribution is 2.42. The van der Waals surface area contributed by atoms with Crippen LogP contribution in [0.1, 0.15) is 18.9 Å². The summed E-state index contributed by atoms with van der Waals surface area (Å²) in [5.41, 5.74) is 0.495. The Morgan fingerprint density at radius 2 is 1.81 bits per heavy atom. The van der Waals surface area contributed by atoms with Crippen LogP contribution >= 0.6 is 11.8 Å². The van der Waals surface area contributed by atoms with Crippen LogP contribution in [0.15, 0.2) is 53.7 Å². The third kappa shape index (κ3) is 3.27. The summed E-state index contributed by atoms with van der Waals surface area (Å²) in [6.45, 7) is 0.502. The second kappa shape index (κ2) is 6.88. The van der Waals surface area contributed by atoms with Gasteiger partial charge in [-0.3, -0.25) is 4.57 Å². The van der Waals surface area contributed by atoms with Crippen LogP contribution in [0.25, 0.3) is 11.4 Å². The van der Waals surface area contributed by atoms with Gasteiger partial charge in [0.2, 0.25) is 0 Å². The van der Waals surface area contributed by atoms with Gasteiger partial charge in [-0.05, 0) is 37.1 Å². The van der Waals surface area contributed by atoms with Gasteiger partial charge in [-0.1, -0.05) is 36.0 Å². The van der Waals surface area contributed by atoms with E-state index in [0.717, 1.165) is 29.5 Å². The number of halogens is 1. The fourth-order valence-electron chi connectivity index (χ4n) is 3.18. The van der Waals surface area contributed by atoms with Crippen molar-refractivity contribution in [3.8, 4) is 22.9 Å². The number of aromatic nitrogens is 3. The Hall–Kier alpha value is -2.54. The monoisotopic (exact) mass is 383 g/mol. The fraction of sp³-hybridized carbons (Fsp3) is 0.300. The lowest BCUT2D eigenvalue weighted by Gasteiger charge is -2.26. The summed E-state index contributed by atoms with van der Waals surface area (Å²) >= 11 is 1.58. The Morgan fingerprint density at radius 3 is 2.63 bits per heavy atom. The Kier molecular flexibility index (Phi) is 4.24. The first kappa shape index (κ1) is 16.6. The molecular weight excluding hydrogens is 365 g/mol. The van der Waals surface area contributed by atoms with Gasteiger partial charge in [0.15, 0.2) is 22.5 Å². The lowest BCUT2D eigenvalue weighted by molar-refractivity contribution is 0.107. The van der Waals surface area contributed by atoms with Crippen LogP contribution in [0.3, 0.4) is 0 Å². The Balaban J connectivity index is 1.35. The van der Waals surface area contributed by atoms with Gasteiger partial charge < -0.3 is 9.47 Å². The van der Waals surface area contributed by atoms with Gasteiger partial charge in [0.25, 0.3) is 0 Å². The summed E-state index contributed by atoms with van der Waals surface area (Å²) < 4.78 is 28.1. The predicted molar refractivity (Wildman–Crippen MR) is 101 cm³/mol. The number of nitrogens with zero attached hydrogens (tertiary/aromatic N) is 3. The van der Waals surface area contributed by atoms with E-state index in [9.17, 15) is 4.39 Å². The first-order chi connectivity index (χ1) is 13.3. The summed E-state index contributed by atoms with van der Waals surface area (Å²) in [6.07, 6.45) is 2.08. The molecule has 7 heteroatoms. The van der Waals surface area contributed by atoms with E-state index >= 15 is 0 Å². The number of hydrogen-bond donors (Lipinski definition) is 0. The van der Waals surface area contributed by atoms with E-state index in [1.165, 1.54) is 6.07 Å². The van der Waals surface area contributed by atoms with Crippen LogP contribution < -0.4 is 9.47 Å². The first-order valence-corrected chi connectivity index (χ1v) is 9.99. The van der Waals surface area contributed by atoms with Crippen molar-refractivity contribution in [1.29, 1.82) is 0 Å². The molecule has 0 radical (unpaired) electrons. The molecule has 2 aromatic carbocycles. The average molecular weight is 383 g/mol. The second-order valence-corrected chi connectivity index (χ2v) is 7.68. The van der Waals surface area contributed by atoms with Crippen molar-refractivity contribution in [1.82, 2.24) is 14.8 Å². The number of para-hydroxylation sites is 2. The molecule has 0 saturated heterocycles. The Bertz CT molecular complexity index is 973. The normalized spacial score (nSPS) is 18.5. The van der Waals surface area contributed by atoms with Crippen LogP contribution in [-0.4, -0.2) is 33.2 Å². The minimum absolute atomic E-state index is 0.0637. The molecule has 2 heterocycles. The van der Waals surface area contributed by atoms with Gasteiger partial charge in [0.05, 0.1) is 5.56 Å². The maximum atomic E-state index is 14.2. The van der Waals surface area contributed by atoms with Gasteiger partial charge in [0.1, 0.15) is 18.5 Å². The lowest BCUT2D eigenvalue weighted by atomic mass is 10.2. The molecule has 5 rings (SSSR count). The summed E-state index contributed by atoms with van der Waals surface area (Å²) in [5, 5.41) is 9.43. The highest BCUT2D eigenvalue weighted by atomic mass is 32.2. The molecule has 0 spiro atoms. The highest BCUT2D eigenvalue weighted by molar-refractivity contribution is 7.99. The van der Waals surface area contributed by atoms with Crippen molar-refractivity contribution < 1.29 is 13.9 Å². The molecule has 138 valence electrons. The zero-order valence-electron chi connectivity index (χ0n) is 14.5. The number of fused-ring (bicyclic) bond motifs is 1. The smallest absolute Gasteiger partial charge is 0.191 e. The molecule has 1 saturated carbocycles. The quantitative estimate of drug-likeness (QED) is 0.613. The molecule has 5 nitrogen and oxygen atoms in total. The van der Waals surface area contributed by atoms with E-state index in [1.807, 2.05) is 30.3 Å². The van der Waals surface area contributed by atoms with Gasteiger partial charge in [-0.15, -0.1) is 10.2 Å². The number of ether oxygens (including phenoxy) is 2. The molecule has 1 aliphatic carbocycles. The third-order valence-corrected chi connectivity index (χ3v) is 5.73. The first-order valence-electron chi connectivity index (χ1n) is 9.00. The van der Waals surface area contributed by atoms with Crippen molar-refractivity contribution >= 4 is 11.8 Å². The maximum Gasteiger partial charge on any atom is 0.191 e. The molecule has 0 bridgehead atoms. The molecule has 0 amide bonds. The van der Waals surface area contributed by atoms with Gasteiger partial charge in [-0.2, -0.15) is 0 Å². The zero-order chi connectivity index (χ0) is 18.2. The molecule has 27 heavy (non-hydrogen) atoms. The van der Waals surface area contributed by atoms with Crippen molar-refractivity contribution in [2.24, 2.45) is 0 Å². The number of thioether (sulfide) groups is 1. The number of hydrogen-bond acceptors (Lipinski definition) is 5. The number of benzene rings is 2. The summed E-state index contributed by atoms with van der Waals surface area (Å²) in [5.74, 6) is 2.57. The standard InChI is InChI=1S/C20H18FN3O2S/c21-16-6-2-1-5-15(16)19-22-23-20(24(19)13-9-10-13)27-12-14-11-25-17-7-3-4-8-18(17)26-14/h1-8,13-14H,9-12H2. The lowest BCUT2D eigenvalue weighted by Crippen LogP contribution is -2.31. The molecule has 1 atom stereocenters. The third-order valence-electron chi connectivity index (χ3n) is 4.66. The highest BCUT2D eigenvalue weighted by Gasteiger charge is 2.31. The van der Waals surface area contributed by atoms with Crippen LogP contribution in [0.5, 0.6) is 11.5 Å². The second-order valence-electron chi connectivity index (χ2n) is 6.70. The van der Waals surface area contributed by atoms with E-state index in [-0.39, 0.29) is 11.9 Å². The molecule has 1 aromatic heterocycles. The van der Waals surface area contributed by atoms with E-state index in [4.69, 9.17) is 9.47 Å². The predicted octanol–water partition coefficient (Wildman–Crippen LogP) is 4.35. The van der Waals surface area contributed by atoms with Crippen LogP contribution in [0.2, 0.25) is 0 Å². The van der Waals surface area contributed by atoms with E-state index in [0.29, 0.717) is 29.8 Å². The maximum absolute atomic E-state index is 14.2. The Labute approximate surface area is 160 Å². The molecule has 1 aliphatic heterocycles. The number of rotatable bonds is 5. The molecule has 2 aliphatic rings. The minimum atomic E-state index is -0.274. The SMILES string of the molecule is Fc1ccccc1-c1nnc(SCC2COc3ccccc3O2)n1C1CC1. The summed E-state index contributed by atoms with van der Waals surface area (Å²) in [6, 6.07) is 14.7. The zero-order valence-corrected chi connectivity index (χ0v) is 15.4. The van der Waals surface area contributed by atoms with E-state index < -0.39 is 0 Å². The van der Waals surface area contributed by atoms with E-state index in [2.05, 4.69) is 14.8 Å². The van der Waals surface area contributed by atoms with Gasteiger partial charge >= 0.3 is 0 Å². The Morgan fingerprint density at radius 1 is 1.04 bits per heavy atom. The van der Waals surface area contributed by atoms with Crippen LogP contribution in [0, 0.1) is 5.82 Å². The fourth-order valence-corrected chi connectivity index (χ4v) is 4.15. The summed E-state index contributed by atoms with van der Waals surface area (Å²) in [4.78, 5) is 0. The van der Waals surface area contributed by atoms with Crippen molar-refractivity contribution in [3.63, 3.8) is 0 Å². The molecule has 0 N–H and O–H groups in total. The minimum Gasteiger partial charge on any atom is -0.486 e. The van der Waals surface area contributed by atoms with Crippen molar-refractivity contribution in [3.05, 3.63) is 54.3 Å². The van der Waals surface area contributed by atoms with Gasteiger partial charge in [-0.25, -0.2) is 4.39 Å². The largest absolute Gasteiger partial charge is 0.486 e. The van der Waals surface area contributed by atoms with Crippen LogP contribution in [0.4, 0.5) is 4.39 Å². The van der Waals surface area contributed by atoms with Crippen molar-refractivity contribution in [2.45, 2.75) is 30.1 Å². The topological polar surface area (TPSA) is 49.2 Å². The molecule has 1 fully saturated rings. The summed E-state index contributed by atoms with van der Waals surface area (Å²) in [7, 11) is 0.